The van der Waals surface area contributed by atoms with Crippen molar-refractivity contribution < 1.29 is 14.0 Å². The molecule has 0 aliphatic heterocycles. The highest BCUT2D eigenvalue weighted by molar-refractivity contribution is 6.01. The highest BCUT2D eigenvalue weighted by Crippen LogP contribution is 2.24. The minimum absolute atomic E-state index is 0.0784. The van der Waals surface area contributed by atoms with Crippen LogP contribution in [0.1, 0.15) is 39.0 Å². The molecule has 0 heterocycles. The Bertz CT molecular complexity index is 631. The first kappa shape index (κ1) is 18.9. The fourth-order valence-electron chi connectivity index (χ4n) is 3.24. The molecule has 7 heteroatoms. The van der Waals surface area contributed by atoms with Crippen LogP contribution in [0.15, 0.2) is 29.4 Å². The number of amides is 4. The summed E-state index contributed by atoms with van der Waals surface area (Å²) in [7, 11) is 1.41. The summed E-state index contributed by atoms with van der Waals surface area (Å²) in [4.78, 5) is 28.2. The molecule has 25 heavy (non-hydrogen) atoms. The first-order valence-electron chi connectivity index (χ1n) is 8.60. The number of urea groups is 2. The highest BCUT2D eigenvalue weighted by atomic mass is 19.1. The first-order chi connectivity index (χ1) is 12.0. The predicted octanol–water partition coefficient (Wildman–Crippen LogP) is 4.07. The molecule has 0 N–H and O–H groups in total. The second kappa shape index (κ2) is 8.60. The SMILES string of the molecule is C=NN(C(=O)N(C)c1ccccc1F)C(=O)N(CC)C1CCCCC1. The largest absolute Gasteiger partial charge is 0.353 e. The first-order valence-corrected chi connectivity index (χ1v) is 8.60. The van der Waals surface area contributed by atoms with Crippen molar-refractivity contribution in [2.75, 3.05) is 18.5 Å². The maximum Gasteiger partial charge on any atom is 0.353 e. The van der Waals surface area contributed by atoms with Crippen molar-refractivity contribution in [3.05, 3.63) is 30.1 Å². The van der Waals surface area contributed by atoms with Gasteiger partial charge in [-0.3, -0.25) is 4.90 Å². The summed E-state index contributed by atoms with van der Waals surface area (Å²) in [5, 5.41) is 4.32. The number of carbonyl (C=O) groups excluding carboxylic acids is 2. The summed E-state index contributed by atoms with van der Waals surface area (Å²) in [5.41, 5.74) is 0.0784. The lowest BCUT2D eigenvalue weighted by molar-refractivity contribution is 0.130. The van der Waals surface area contributed by atoms with E-state index >= 15 is 0 Å². The summed E-state index contributed by atoms with van der Waals surface area (Å²) < 4.78 is 13.9. The number of nitrogens with zero attached hydrogens (tertiary/aromatic N) is 4. The lowest BCUT2D eigenvalue weighted by Gasteiger charge is -2.35. The Labute approximate surface area is 147 Å². The molecule has 1 aliphatic carbocycles. The lowest BCUT2D eigenvalue weighted by atomic mass is 9.94. The van der Waals surface area contributed by atoms with Crippen molar-refractivity contribution in [2.45, 2.75) is 45.1 Å². The third-order valence-corrected chi connectivity index (χ3v) is 4.61. The van der Waals surface area contributed by atoms with Crippen LogP contribution in [0.25, 0.3) is 0 Å². The number of para-hydroxylation sites is 1. The average molecular weight is 348 g/mol. The number of imide groups is 1. The van der Waals surface area contributed by atoms with Crippen LogP contribution < -0.4 is 4.90 Å². The van der Waals surface area contributed by atoms with Crippen molar-refractivity contribution in [3.8, 4) is 0 Å². The fourth-order valence-corrected chi connectivity index (χ4v) is 3.24. The van der Waals surface area contributed by atoms with E-state index in [9.17, 15) is 14.0 Å². The van der Waals surface area contributed by atoms with Crippen molar-refractivity contribution in [1.29, 1.82) is 0 Å². The Hall–Kier alpha value is -2.44. The molecule has 4 amide bonds. The molecule has 0 unspecified atom stereocenters. The van der Waals surface area contributed by atoms with Crippen molar-refractivity contribution in [2.24, 2.45) is 5.10 Å². The van der Waals surface area contributed by atoms with Gasteiger partial charge in [0.05, 0.1) is 5.69 Å². The second-order valence-electron chi connectivity index (χ2n) is 6.11. The van der Waals surface area contributed by atoms with Gasteiger partial charge in [0.2, 0.25) is 0 Å². The Kier molecular flexibility index (Phi) is 6.50. The maximum atomic E-state index is 13.9. The molecule has 1 aromatic carbocycles. The lowest BCUT2D eigenvalue weighted by Crippen LogP contribution is -2.51. The summed E-state index contributed by atoms with van der Waals surface area (Å²) in [6.07, 6.45) is 5.14. The van der Waals surface area contributed by atoms with Gasteiger partial charge in [-0.1, -0.05) is 31.4 Å². The minimum Gasteiger partial charge on any atom is -0.320 e. The molecule has 1 aliphatic rings. The van der Waals surface area contributed by atoms with Gasteiger partial charge in [0, 0.05) is 26.4 Å². The van der Waals surface area contributed by atoms with Gasteiger partial charge in [-0.05, 0) is 31.9 Å². The van der Waals surface area contributed by atoms with E-state index in [1.54, 1.807) is 11.0 Å². The smallest absolute Gasteiger partial charge is 0.320 e. The monoisotopic (exact) mass is 348 g/mol. The fraction of sp³-hybridized carbons (Fsp3) is 0.500. The van der Waals surface area contributed by atoms with Gasteiger partial charge in [-0.15, -0.1) is 5.01 Å². The van der Waals surface area contributed by atoms with Crippen molar-refractivity contribution in [1.82, 2.24) is 9.91 Å². The van der Waals surface area contributed by atoms with Gasteiger partial charge in [0.15, 0.2) is 0 Å². The molecular weight excluding hydrogens is 323 g/mol. The van der Waals surface area contributed by atoms with Crippen molar-refractivity contribution in [3.63, 3.8) is 0 Å². The molecule has 0 atom stereocenters. The quantitative estimate of drug-likeness (QED) is 0.608. The van der Waals surface area contributed by atoms with Gasteiger partial charge in [0.25, 0.3) is 0 Å². The van der Waals surface area contributed by atoms with Crippen LogP contribution in [0.3, 0.4) is 0 Å². The molecule has 0 saturated heterocycles. The summed E-state index contributed by atoms with van der Waals surface area (Å²) >= 11 is 0. The molecule has 0 aromatic heterocycles. The van der Waals surface area contributed by atoms with E-state index in [0.717, 1.165) is 30.6 Å². The van der Waals surface area contributed by atoms with E-state index in [-0.39, 0.29) is 11.7 Å². The van der Waals surface area contributed by atoms with Crippen LogP contribution in [0.2, 0.25) is 0 Å². The van der Waals surface area contributed by atoms with Crippen LogP contribution in [-0.4, -0.2) is 48.3 Å². The summed E-state index contributed by atoms with van der Waals surface area (Å²) in [6, 6.07) is 4.73. The highest BCUT2D eigenvalue weighted by Gasteiger charge is 2.33. The van der Waals surface area contributed by atoms with E-state index in [1.165, 1.54) is 31.7 Å². The van der Waals surface area contributed by atoms with E-state index in [1.807, 2.05) is 6.92 Å². The van der Waals surface area contributed by atoms with Gasteiger partial charge >= 0.3 is 12.1 Å². The number of rotatable bonds is 4. The summed E-state index contributed by atoms with van der Waals surface area (Å²) in [6.45, 7) is 5.70. The number of carbonyl (C=O) groups is 2. The number of benzene rings is 1. The molecule has 6 nitrogen and oxygen atoms in total. The Morgan fingerprint density at radius 1 is 1.20 bits per heavy atom. The zero-order valence-corrected chi connectivity index (χ0v) is 14.8. The zero-order valence-electron chi connectivity index (χ0n) is 14.8. The number of hydrazone groups is 1. The summed E-state index contributed by atoms with van der Waals surface area (Å²) in [5.74, 6) is -0.547. The zero-order chi connectivity index (χ0) is 18.4. The van der Waals surface area contributed by atoms with E-state index in [4.69, 9.17) is 0 Å². The number of hydrogen-bond donors (Lipinski definition) is 0. The molecule has 136 valence electrons. The Balaban J connectivity index is 2.18. The van der Waals surface area contributed by atoms with Gasteiger partial charge in [-0.25, -0.2) is 14.0 Å². The van der Waals surface area contributed by atoms with E-state index < -0.39 is 17.9 Å². The molecule has 0 spiro atoms. The number of anilines is 1. The predicted molar refractivity (Wildman–Crippen MR) is 96.2 cm³/mol. The van der Waals surface area contributed by atoms with Crippen LogP contribution in [0.4, 0.5) is 19.7 Å². The van der Waals surface area contributed by atoms with E-state index in [0.29, 0.717) is 11.6 Å². The minimum atomic E-state index is -0.737. The Morgan fingerprint density at radius 3 is 2.40 bits per heavy atom. The van der Waals surface area contributed by atoms with Gasteiger partial charge in [-0.2, -0.15) is 5.10 Å². The van der Waals surface area contributed by atoms with Crippen LogP contribution in [-0.2, 0) is 0 Å². The number of halogens is 1. The van der Waals surface area contributed by atoms with Crippen LogP contribution in [0, 0.1) is 5.82 Å². The second-order valence-corrected chi connectivity index (χ2v) is 6.11. The topological polar surface area (TPSA) is 56.2 Å². The van der Waals surface area contributed by atoms with Crippen LogP contribution in [0.5, 0.6) is 0 Å². The normalized spacial score (nSPS) is 14.7. The Morgan fingerprint density at radius 2 is 1.84 bits per heavy atom. The van der Waals surface area contributed by atoms with E-state index in [2.05, 4.69) is 11.8 Å². The standard InChI is InChI=1S/C18H25FN4O2/c1-4-22(14-10-6-5-7-11-14)18(25)23(20-2)17(24)21(3)16-13-9-8-12-15(16)19/h8-9,12-14H,2,4-7,10-11H2,1,3H3. The van der Waals surface area contributed by atoms with Crippen molar-refractivity contribution >= 4 is 24.5 Å². The molecule has 1 saturated carbocycles. The third-order valence-electron chi connectivity index (χ3n) is 4.61. The molecule has 1 fully saturated rings. The van der Waals surface area contributed by atoms with Gasteiger partial charge in [0.1, 0.15) is 5.82 Å². The van der Waals surface area contributed by atoms with Crippen LogP contribution >= 0.6 is 0 Å². The average Bonchev–Trinajstić information content (AvgIpc) is 2.63. The third kappa shape index (κ3) is 4.15. The molecule has 2 rings (SSSR count). The molecule has 1 aromatic rings. The van der Waals surface area contributed by atoms with Gasteiger partial charge < -0.3 is 4.90 Å². The maximum absolute atomic E-state index is 13.9. The molecule has 0 radical (unpaired) electrons. The molecule has 0 bridgehead atoms. The molecular formula is C18H25FN4O2. The number of hydrogen-bond acceptors (Lipinski definition) is 3.